The molecule has 0 unspecified atom stereocenters. The second kappa shape index (κ2) is 6.22. The first-order valence-corrected chi connectivity index (χ1v) is 6.39. The van der Waals surface area contributed by atoms with E-state index in [1.165, 1.54) is 23.9 Å². The van der Waals surface area contributed by atoms with Crippen LogP contribution in [-0.4, -0.2) is 17.0 Å². The van der Waals surface area contributed by atoms with E-state index in [1.54, 1.807) is 7.11 Å². The molecule has 3 N–H and O–H groups in total. The number of nitro groups is 1. The fourth-order valence-corrected chi connectivity index (χ4v) is 2.49. The number of hydrazine groups is 1. The molecule has 0 fully saturated rings. The average molecular weight is 292 g/mol. The fourth-order valence-electron chi connectivity index (χ4n) is 1.54. The highest BCUT2D eigenvalue weighted by Crippen LogP contribution is 2.35. The highest BCUT2D eigenvalue weighted by molar-refractivity contribution is 7.99. The van der Waals surface area contributed by atoms with Gasteiger partial charge in [-0.05, 0) is 12.1 Å². The van der Waals surface area contributed by atoms with Crippen LogP contribution < -0.4 is 16.0 Å². The number of ether oxygens (including phenoxy) is 1. The van der Waals surface area contributed by atoms with Crippen LogP contribution in [0.15, 0.2) is 46.3 Å². The lowest BCUT2D eigenvalue weighted by molar-refractivity contribution is -0.385. The molecule has 0 aliphatic carbocycles. The van der Waals surface area contributed by atoms with Crippen molar-refractivity contribution in [1.29, 1.82) is 0 Å². The number of benzene rings is 1. The molecule has 8 heteroatoms. The van der Waals surface area contributed by atoms with Crippen LogP contribution in [-0.2, 0) is 0 Å². The molecule has 0 saturated carbocycles. The van der Waals surface area contributed by atoms with E-state index in [9.17, 15) is 10.1 Å². The van der Waals surface area contributed by atoms with Crippen molar-refractivity contribution in [2.24, 2.45) is 5.84 Å². The largest absolute Gasteiger partial charge is 0.496 e. The molecular formula is C12H12N4O3S. The fraction of sp³-hybridized carbons (Fsp3) is 0.0833. The van der Waals surface area contributed by atoms with E-state index in [-0.39, 0.29) is 11.5 Å². The molecule has 1 heterocycles. The molecule has 0 aliphatic rings. The molecule has 0 aliphatic heterocycles. The number of hydrogen-bond donors (Lipinski definition) is 2. The van der Waals surface area contributed by atoms with Crippen LogP contribution in [0.4, 0.5) is 11.5 Å². The molecule has 0 bridgehead atoms. The van der Waals surface area contributed by atoms with Gasteiger partial charge in [-0.2, -0.15) is 0 Å². The van der Waals surface area contributed by atoms with Gasteiger partial charge in [-0.3, -0.25) is 10.1 Å². The molecule has 2 aromatic rings. The molecule has 1 aromatic heterocycles. The Morgan fingerprint density at radius 3 is 2.80 bits per heavy atom. The van der Waals surface area contributed by atoms with Gasteiger partial charge in [0.15, 0.2) is 0 Å². The van der Waals surface area contributed by atoms with Crippen LogP contribution in [0.3, 0.4) is 0 Å². The maximum Gasteiger partial charge on any atom is 0.275 e. The zero-order valence-electron chi connectivity index (χ0n) is 10.6. The van der Waals surface area contributed by atoms with Crippen LogP contribution in [0.25, 0.3) is 0 Å². The summed E-state index contributed by atoms with van der Waals surface area (Å²) in [5.41, 5.74) is 2.24. The summed E-state index contributed by atoms with van der Waals surface area (Å²) < 4.78 is 5.23. The molecule has 2 rings (SSSR count). The third-order valence-corrected chi connectivity index (χ3v) is 3.40. The standard InChI is InChI=1S/C12H12N4O3S/c1-19-9-4-2-3-5-10(9)20-12-7-8(16(17)18)6-11(14-12)15-13/h2-7H,13H2,1H3,(H,14,15). The van der Waals surface area contributed by atoms with Crippen molar-refractivity contribution in [2.75, 3.05) is 12.5 Å². The number of pyridine rings is 1. The summed E-state index contributed by atoms with van der Waals surface area (Å²) in [5, 5.41) is 11.3. The summed E-state index contributed by atoms with van der Waals surface area (Å²) in [7, 11) is 1.56. The molecule has 0 atom stereocenters. The number of methoxy groups -OCH3 is 1. The minimum atomic E-state index is -0.491. The number of para-hydroxylation sites is 1. The normalized spacial score (nSPS) is 10.1. The molecule has 104 valence electrons. The van der Waals surface area contributed by atoms with Crippen molar-refractivity contribution in [1.82, 2.24) is 4.98 Å². The van der Waals surface area contributed by atoms with E-state index < -0.39 is 4.92 Å². The van der Waals surface area contributed by atoms with Gasteiger partial charge in [0.1, 0.15) is 16.6 Å². The summed E-state index contributed by atoms with van der Waals surface area (Å²) in [6.07, 6.45) is 0. The van der Waals surface area contributed by atoms with E-state index in [4.69, 9.17) is 10.6 Å². The Labute approximate surface area is 119 Å². The first kappa shape index (κ1) is 14.1. The van der Waals surface area contributed by atoms with E-state index in [2.05, 4.69) is 10.4 Å². The lowest BCUT2D eigenvalue weighted by Crippen LogP contribution is -2.09. The van der Waals surface area contributed by atoms with Gasteiger partial charge in [0.25, 0.3) is 5.69 Å². The summed E-state index contributed by atoms with van der Waals surface area (Å²) in [6, 6.07) is 10.0. The summed E-state index contributed by atoms with van der Waals surface area (Å²) >= 11 is 1.26. The predicted molar refractivity (Wildman–Crippen MR) is 75.8 cm³/mol. The van der Waals surface area contributed by atoms with Crippen molar-refractivity contribution >= 4 is 23.3 Å². The molecule has 7 nitrogen and oxygen atoms in total. The van der Waals surface area contributed by atoms with E-state index >= 15 is 0 Å². The maximum absolute atomic E-state index is 10.9. The third-order valence-electron chi connectivity index (χ3n) is 2.43. The van der Waals surface area contributed by atoms with Gasteiger partial charge in [0, 0.05) is 6.07 Å². The number of hydrogen-bond acceptors (Lipinski definition) is 7. The Hall–Kier alpha value is -2.32. The smallest absolute Gasteiger partial charge is 0.275 e. The predicted octanol–water partition coefficient (Wildman–Crippen LogP) is 2.44. The van der Waals surface area contributed by atoms with E-state index in [1.807, 2.05) is 24.3 Å². The summed E-state index contributed by atoms with van der Waals surface area (Å²) in [6.45, 7) is 0. The number of nitrogens with two attached hydrogens (primary N) is 1. The van der Waals surface area contributed by atoms with Gasteiger partial charge in [-0.1, -0.05) is 23.9 Å². The second-order valence-corrected chi connectivity index (χ2v) is 4.77. The Bertz CT molecular complexity index is 636. The highest BCUT2D eigenvalue weighted by Gasteiger charge is 2.13. The number of anilines is 1. The minimum absolute atomic E-state index is 0.0784. The number of nitrogens with zero attached hydrogens (tertiary/aromatic N) is 2. The van der Waals surface area contributed by atoms with Crippen molar-refractivity contribution < 1.29 is 9.66 Å². The molecule has 0 saturated heterocycles. The quantitative estimate of drug-likeness (QED) is 0.495. The van der Waals surface area contributed by atoms with Crippen molar-refractivity contribution in [2.45, 2.75) is 9.92 Å². The maximum atomic E-state index is 10.9. The molecule has 0 spiro atoms. The van der Waals surface area contributed by atoms with E-state index in [0.717, 1.165) is 4.90 Å². The minimum Gasteiger partial charge on any atom is -0.496 e. The van der Waals surface area contributed by atoms with Crippen LogP contribution in [0.5, 0.6) is 5.75 Å². The highest BCUT2D eigenvalue weighted by atomic mass is 32.2. The lowest BCUT2D eigenvalue weighted by Gasteiger charge is -2.08. The van der Waals surface area contributed by atoms with Gasteiger partial charge in [0.05, 0.1) is 23.0 Å². The SMILES string of the molecule is COc1ccccc1Sc1cc([N+](=O)[O-])cc(NN)n1. The van der Waals surface area contributed by atoms with Gasteiger partial charge >= 0.3 is 0 Å². The Morgan fingerprint density at radius 1 is 1.40 bits per heavy atom. The monoisotopic (exact) mass is 292 g/mol. The second-order valence-electron chi connectivity index (χ2n) is 3.70. The molecule has 20 heavy (non-hydrogen) atoms. The van der Waals surface area contributed by atoms with Gasteiger partial charge in [0.2, 0.25) is 0 Å². The summed E-state index contributed by atoms with van der Waals surface area (Å²) in [5.74, 6) is 6.18. The zero-order valence-corrected chi connectivity index (χ0v) is 11.4. The van der Waals surface area contributed by atoms with Crippen LogP contribution >= 0.6 is 11.8 Å². The number of rotatable bonds is 5. The molecule has 0 amide bonds. The Morgan fingerprint density at radius 2 is 2.15 bits per heavy atom. The van der Waals surface area contributed by atoms with Crippen LogP contribution in [0.1, 0.15) is 0 Å². The molecular weight excluding hydrogens is 280 g/mol. The van der Waals surface area contributed by atoms with Gasteiger partial charge in [-0.15, -0.1) is 0 Å². The number of aromatic nitrogens is 1. The lowest BCUT2D eigenvalue weighted by atomic mass is 10.3. The van der Waals surface area contributed by atoms with E-state index in [0.29, 0.717) is 10.8 Å². The Balaban J connectivity index is 2.37. The zero-order chi connectivity index (χ0) is 14.5. The topological polar surface area (TPSA) is 103 Å². The van der Waals surface area contributed by atoms with Gasteiger partial charge in [-0.25, -0.2) is 10.8 Å². The number of nitrogen functional groups attached to an aromatic ring is 1. The van der Waals surface area contributed by atoms with Crippen LogP contribution in [0.2, 0.25) is 0 Å². The van der Waals surface area contributed by atoms with Crippen molar-refractivity contribution in [3.63, 3.8) is 0 Å². The van der Waals surface area contributed by atoms with Crippen LogP contribution in [0, 0.1) is 10.1 Å². The first-order chi connectivity index (χ1) is 9.63. The van der Waals surface area contributed by atoms with Gasteiger partial charge < -0.3 is 10.2 Å². The Kier molecular flexibility index (Phi) is 4.38. The number of nitrogens with one attached hydrogen (secondary N) is 1. The first-order valence-electron chi connectivity index (χ1n) is 5.58. The summed E-state index contributed by atoms with van der Waals surface area (Å²) in [4.78, 5) is 15.4. The third kappa shape index (κ3) is 3.16. The average Bonchev–Trinajstić information content (AvgIpc) is 2.47. The molecule has 0 radical (unpaired) electrons. The van der Waals surface area contributed by atoms with Crippen molar-refractivity contribution in [3.8, 4) is 5.75 Å². The van der Waals surface area contributed by atoms with Crippen molar-refractivity contribution in [3.05, 3.63) is 46.5 Å². The molecule has 1 aromatic carbocycles.